The molecular weight excluding hydrogens is 338 g/mol. The van der Waals surface area contributed by atoms with E-state index < -0.39 is 6.03 Å². The molecule has 0 saturated carbocycles. The Morgan fingerprint density at radius 2 is 2.00 bits per heavy atom. The lowest BCUT2D eigenvalue weighted by molar-refractivity contribution is 0.231. The smallest absolute Gasteiger partial charge is 0.323 e. The van der Waals surface area contributed by atoms with E-state index in [0.29, 0.717) is 17.3 Å². The van der Waals surface area contributed by atoms with Crippen LogP contribution >= 0.6 is 15.9 Å². The van der Waals surface area contributed by atoms with Crippen LogP contribution in [-0.2, 0) is 0 Å². The summed E-state index contributed by atoms with van der Waals surface area (Å²) < 4.78 is 11.4. The van der Waals surface area contributed by atoms with Crippen LogP contribution in [-0.4, -0.2) is 24.9 Å². The van der Waals surface area contributed by atoms with E-state index in [2.05, 4.69) is 31.5 Å². The first-order chi connectivity index (χ1) is 10.2. The zero-order valence-electron chi connectivity index (χ0n) is 11.3. The van der Waals surface area contributed by atoms with Gasteiger partial charge in [-0.2, -0.15) is 0 Å². The molecule has 0 saturated heterocycles. The van der Waals surface area contributed by atoms with Gasteiger partial charge in [0.25, 0.3) is 0 Å². The number of amides is 2. The number of para-hydroxylation sites is 2. The fraction of sp³-hybridized carbons (Fsp3) is 0.143. The van der Waals surface area contributed by atoms with Crippen LogP contribution in [0.1, 0.15) is 0 Å². The Morgan fingerprint density at radius 3 is 2.67 bits per heavy atom. The summed E-state index contributed by atoms with van der Waals surface area (Å²) in [4.78, 5) is 15.7. The number of benzene rings is 1. The number of rotatable bonds is 5. The van der Waals surface area contributed by atoms with Gasteiger partial charge in [-0.3, -0.25) is 5.32 Å². The molecule has 6 nitrogen and oxygen atoms in total. The second-order valence-electron chi connectivity index (χ2n) is 3.93. The van der Waals surface area contributed by atoms with Crippen molar-refractivity contribution in [2.75, 3.05) is 19.2 Å². The number of ether oxygens (including phenoxy) is 2. The number of carbonyl (C=O) groups excluding carboxylic acids is 1. The number of aromatic nitrogens is 1. The highest BCUT2D eigenvalue weighted by molar-refractivity contribution is 9.10. The van der Waals surface area contributed by atoms with Crippen LogP contribution < -0.4 is 20.1 Å². The second kappa shape index (κ2) is 7.49. The van der Waals surface area contributed by atoms with Crippen molar-refractivity contribution in [1.82, 2.24) is 10.3 Å². The molecule has 21 heavy (non-hydrogen) atoms. The number of anilines is 1. The largest absolute Gasteiger partial charge is 0.493 e. The zero-order valence-corrected chi connectivity index (χ0v) is 12.9. The fourth-order valence-electron chi connectivity index (χ4n) is 1.53. The quantitative estimate of drug-likeness (QED) is 0.812. The molecule has 0 radical (unpaired) electrons. The molecule has 0 fully saturated rings. The van der Waals surface area contributed by atoms with Gasteiger partial charge in [-0.1, -0.05) is 12.1 Å². The van der Waals surface area contributed by atoms with Crippen LogP contribution in [0.4, 0.5) is 10.6 Å². The van der Waals surface area contributed by atoms with Crippen LogP contribution in [0, 0.1) is 0 Å². The molecule has 110 valence electrons. The van der Waals surface area contributed by atoms with Crippen molar-refractivity contribution in [3.05, 3.63) is 47.1 Å². The standard InChI is InChI=1S/C14H14BrN3O3/c1-20-11-4-2-3-5-12(11)21-9-17-14(19)18-13-7-6-10(15)8-16-13/h2-8H,9H2,1H3,(H2,16,17,18,19). The number of hydrogen-bond donors (Lipinski definition) is 2. The highest BCUT2D eigenvalue weighted by Gasteiger charge is 2.05. The third-order valence-electron chi connectivity index (χ3n) is 2.50. The van der Waals surface area contributed by atoms with Gasteiger partial charge in [0.1, 0.15) is 5.82 Å². The fourth-order valence-corrected chi connectivity index (χ4v) is 1.76. The van der Waals surface area contributed by atoms with Crippen LogP contribution in [0.25, 0.3) is 0 Å². The van der Waals surface area contributed by atoms with Crippen molar-refractivity contribution in [3.8, 4) is 11.5 Å². The lowest BCUT2D eigenvalue weighted by atomic mass is 10.3. The van der Waals surface area contributed by atoms with Gasteiger partial charge < -0.3 is 14.8 Å². The van der Waals surface area contributed by atoms with Crippen molar-refractivity contribution in [1.29, 1.82) is 0 Å². The first-order valence-electron chi connectivity index (χ1n) is 6.11. The van der Waals surface area contributed by atoms with Crippen molar-refractivity contribution in [2.24, 2.45) is 0 Å². The molecular formula is C14H14BrN3O3. The molecule has 2 amide bonds. The van der Waals surface area contributed by atoms with E-state index in [1.165, 1.54) is 0 Å². The molecule has 2 N–H and O–H groups in total. The Bertz CT molecular complexity index is 605. The van der Waals surface area contributed by atoms with Gasteiger partial charge in [0.05, 0.1) is 7.11 Å². The topological polar surface area (TPSA) is 72.5 Å². The molecule has 1 heterocycles. The molecule has 0 bridgehead atoms. The summed E-state index contributed by atoms with van der Waals surface area (Å²) in [5, 5.41) is 5.16. The minimum absolute atomic E-state index is 0.0166. The normalized spacial score (nSPS) is 9.81. The SMILES string of the molecule is COc1ccccc1OCNC(=O)Nc1ccc(Br)cn1. The molecule has 1 aromatic heterocycles. The monoisotopic (exact) mass is 351 g/mol. The Morgan fingerprint density at radius 1 is 1.24 bits per heavy atom. The summed E-state index contributed by atoms with van der Waals surface area (Å²) in [6, 6.07) is 10.3. The minimum atomic E-state index is -0.403. The molecule has 0 unspecified atom stereocenters. The maximum Gasteiger partial charge on any atom is 0.323 e. The highest BCUT2D eigenvalue weighted by atomic mass is 79.9. The predicted molar refractivity (Wildman–Crippen MR) is 82.6 cm³/mol. The molecule has 0 aliphatic heterocycles. The van der Waals surface area contributed by atoms with Gasteiger partial charge in [0.15, 0.2) is 18.2 Å². The first-order valence-corrected chi connectivity index (χ1v) is 6.90. The maximum absolute atomic E-state index is 11.7. The van der Waals surface area contributed by atoms with Crippen molar-refractivity contribution < 1.29 is 14.3 Å². The zero-order chi connectivity index (χ0) is 15.1. The van der Waals surface area contributed by atoms with E-state index in [1.54, 1.807) is 37.6 Å². The number of pyridine rings is 1. The van der Waals surface area contributed by atoms with Gasteiger partial charge in [0.2, 0.25) is 0 Å². The van der Waals surface area contributed by atoms with Crippen LogP contribution in [0.5, 0.6) is 11.5 Å². The lowest BCUT2D eigenvalue weighted by Crippen LogP contribution is -2.32. The predicted octanol–water partition coefficient (Wildman–Crippen LogP) is 3.01. The van der Waals surface area contributed by atoms with Crippen LogP contribution in [0.3, 0.4) is 0 Å². The summed E-state index contributed by atoms with van der Waals surface area (Å²) in [5.41, 5.74) is 0. The number of urea groups is 1. The number of carbonyl (C=O) groups is 1. The number of nitrogens with one attached hydrogen (secondary N) is 2. The van der Waals surface area contributed by atoms with Crippen molar-refractivity contribution in [2.45, 2.75) is 0 Å². The van der Waals surface area contributed by atoms with E-state index in [1.807, 2.05) is 12.1 Å². The minimum Gasteiger partial charge on any atom is -0.493 e. The average Bonchev–Trinajstić information content (AvgIpc) is 2.50. The molecule has 0 aliphatic carbocycles. The number of hydrogen-bond acceptors (Lipinski definition) is 4. The lowest BCUT2D eigenvalue weighted by Gasteiger charge is -2.11. The first kappa shape index (κ1) is 15.1. The summed E-state index contributed by atoms with van der Waals surface area (Å²) in [6.45, 7) is 0.0166. The summed E-state index contributed by atoms with van der Waals surface area (Å²) in [7, 11) is 1.56. The van der Waals surface area contributed by atoms with Crippen molar-refractivity contribution in [3.63, 3.8) is 0 Å². The van der Waals surface area contributed by atoms with Gasteiger partial charge in [-0.15, -0.1) is 0 Å². The van der Waals surface area contributed by atoms with E-state index in [-0.39, 0.29) is 6.73 Å². The Hall–Kier alpha value is -2.28. The molecule has 0 atom stereocenters. The summed E-state index contributed by atoms with van der Waals surface area (Å²) in [5.74, 6) is 1.62. The second-order valence-corrected chi connectivity index (χ2v) is 4.85. The number of methoxy groups -OCH3 is 1. The molecule has 2 rings (SSSR count). The van der Waals surface area contributed by atoms with Gasteiger partial charge in [-0.25, -0.2) is 9.78 Å². The van der Waals surface area contributed by atoms with E-state index >= 15 is 0 Å². The molecule has 0 spiro atoms. The van der Waals surface area contributed by atoms with Crippen molar-refractivity contribution >= 4 is 27.8 Å². The van der Waals surface area contributed by atoms with E-state index in [0.717, 1.165) is 4.47 Å². The Balaban J connectivity index is 1.80. The Kier molecular flexibility index (Phi) is 5.39. The molecule has 2 aromatic rings. The average molecular weight is 352 g/mol. The van der Waals surface area contributed by atoms with Gasteiger partial charge >= 0.3 is 6.03 Å². The van der Waals surface area contributed by atoms with Crippen LogP contribution in [0.2, 0.25) is 0 Å². The third kappa shape index (κ3) is 4.64. The van der Waals surface area contributed by atoms with E-state index in [9.17, 15) is 4.79 Å². The molecule has 7 heteroatoms. The van der Waals surface area contributed by atoms with E-state index in [4.69, 9.17) is 9.47 Å². The summed E-state index contributed by atoms with van der Waals surface area (Å²) >= 11 is 3.27. The number of halogens is 1. The summed E-state index contributed by atoms with van der Waals surface area (Å²) in [6.07, 6.45) is 1.60. The third-order valence-corrected chi connectivity index (χ3v) is 2.97. The Labute approximate surface area is 130 Å². The molecule has 1 aromatic carbocycles. The maximum atomic E-state index is 11.7. The molecule has 0 aliphatic rings. The highest BCUT2D eigenvalue weighted by Crippen LogP contribution is 2.25. The number of nitrogens with zero attached hydrogens (tertiary/aromatic N) is 1. The van der Waals surface area contributed by atoms with Gasteiger partial charge in [0, 0.05) is 10.7 Å². The van der Waals surface area contributed by atoms with Gasteiger partial charge in [-0.05, 0) is 40.2 Å². The van der Waals surface area contributed by atoms with Crippen LogP contribution in [0.15, 0.2) is 47.1 Å².